The Morgan fingerprint density at radius 3 is 2.94 bits per heavy atom. The number of aromatic nitrogens is 1. The van der Waals surface area contributed by atoms with Crippen molar-refractivity contribution >= 4 is 23.4 Å². The fourth-order valence-corrected chi connectivity index (χ4v) is 2.15. The van der Waals surface area contributed by atoms with Crippen LogP contribution in [-0.4, -0.2) is 15.6 Å². The van der Waals surface area contributed by atoms with Crippen LogP contribution in [0.3, 0.4) is 0 Å². The third-order valence-electron chi connectivity index (χ3n) is 2.37. The lowest BCUT2D eigenvalue weighted by atomic mass is 10.1. The Morgan fingerprint density at radius 2 is 2.28 bits per heavy atom. The molecule has 0 aliphatic carbocycles. The summed E-state index contributed by atoms with van der Waals surface area (Å²) in [7, 11) is 0. The summed E-state index contributed by atoms with van der Waals surface area (Å²) in [6.07, 6.45) is 4.37. The van der Waals surface area contributed by atoms with Gasteiger partial charge < -0.3 is 9.67 Å². The maximum atomic E-state index is 11.4. The highest BCUT2D eigenvalue weighted by molar-refractivity contribution is 7.07. The number of aliphatic carboxylic acids is 1. The zero-order valence-corrected chi connectivity index (χ0v) is 10.3. The average molecular weight is 261 g/mol. The van der Waals surface area contributed by atoms with Crippen molar-refractivity contribution in [2.45, 2.75) is 6.54 Å². The van der Waals surface area contributed by atoms with Gasteiger partial charge in [0.1, 0.15) is 0 Å². The molecule has 2 aromatic rings. The smallest absolute Gasteiger partial charge is 0.328 e. The molecule has 4 nitrogen and oxygen atoms in total. The van der Waals surface area contributed by atoms with Gasteiger partial charge in [0.2, 0.25) is 0 Å². The van der Waals surface area contributed by atoms with Crippen LogP contribution in [0.2, 0.25) is 0 Å². The number of benzene rings is 1. The molecule has 18 heavy (non-hydrogen) atoms. The van der Waals surface area contributed by atoms with E-state index in [4.69, 9.17) is 5.11 Å². The van der Waals surface area contributed by atoms with Crippen LogP contribution in [0.1, 0.15) is 11.1 Å². The minimum absolute atomic E-state index is 0.00137. The molecule has 1 aromatic carbocycles. The van der Waals surface area contributed by atoms with Crippen LogP contribution in [-0.2, 0) is 11.3 Å². The molecule has 2 rings (SSSR count). The lowest BCUT2D eigenvalue weighted by molar-refractivity contribution is -0.131. The zero-order chi connectivity index (χ0) is 13.0. The topological polar surface area (TPSA) is 59.3 Å². The van der Waals surface area contributed by atoms with Crippen molar-refractivity contribution in [2.24, 2.45) is 0 Å². The third-order valence-corrected chi connectivity index (χ3v) is 3.06. The number of thiazole rings is 1. The minimum atomic E-state index is -0.977. The molecule has 0 atom stereocenters. The Kier molecular flexibility index (Phi) is 3.74. The standard InChI is InChI=1S/C13H11NO3S/c15-12(16)5-4-10-2-1-3-11(8-10)9-14-6-7-18-13(14)17/h1-8H,9H2,(H,15,16). The van der Waals surface area contributed by atoms with Gasteiger partial charge >= 0.3 is 10.8 Å². The van der Waals surface area contributed by atoms with E-state index < -0.39 is 5.97 Å². The van der Waals surface area contributed by atoms with E-state index in [2.05, 4.69) is 0 Å². The molecule has 1 N–H and O–H groups in total. The van der Waals surface area contributed by atoms with Crippen LogP contribution >= 0.6 is 11.3 Å². The SMILES string of the molecule is O=C(O)C=Cc1cccc(Cn2ccsc2=O)c1. The van der Waals surface area contributed by atoms with Gasteiger partial charge in [-0.25, -0.2) is 4.79 Å². The van der Waals surface area contributed by atoms with Gasteiger partial charge in [-0.05, 0) is 23.3 Å². The van der Waals surface area contributed by atoms with Gasteiger partial charge in [0, 0.05) is 17.7 Å². The van der Waals surface area contributed by atoms with Crippen molar-refractivity contribution < 1.29 is 9.90 Å². The summed E-state index contributed by atoms with van der Waals surface area (Å²) in [5.41, 5.74) is 1.77. The van der Waals surface area contributed by atoms with Crippen LogP contribution in [0.4, 0.5) is 0 Å². The van der Waals surface area contributed by atoms with Gasteiger partial charge in [-0.2, -0.15) is 0 Å². The summed E-state index contributed by atoms with van der Waals surface area (Å²) in [5.74, 6) is -0.977. The van der Waals surface area contributed by atoms with Gasteiger partial charge in [0.15, 0.2) is 0 Å². The monoisotopic (exact) mass is 261 g/mol. The normalized spacial score (nSPS) is 10.9. The maximum Gasteiger partial charge on any atom is 0.328 e. The summed E-state index contributed by atoms with van der Waals surface area (Å²) >= 11 is 1.16. The molecule has 1 heterocycles. The average Bonchev–Trinajstić information content (AvgIpc) is 2.73. The largest absolute Gasteiger partial charge is 0.478 e. The maximum absolute atomic E-state index is 11.4. The predicted molar refractivity (Wildman–Crippen MR) is 70.8 cm³/mol. The van der Waals surface area contributed by atoms with Crippen molar-refractivity contribution in [1.82, 2.24) is 4.57 Å². The Balaban J connectivity index is 2.20. The van der Waals surface area contributed by atoms with E-state index in [9.17, 15) is 9.59 Å². The molecule has 5 heteroatoms. The molecule has 0 aliphatic rings. The van der Waals surface area contributed by atoms with Gasteiger partial charge in [-0.1, -0.05) is 29.5 Å². The summed E-state index contributed by atoms with van der Waals surface area (Å²) in [4.78, 5) is 21.8. The van der Waals surface area contributed by atoms with Crippen LogP contribution in [0.15, 0.2) is 46.7 Å². The van der Waals surface area contributed by atoms with Crippen molar-refractivity contribution in [3.63, 3.8) is 0 Å². The van der Waals surface area contributed by atoms with E-state index in [-0.39, 0.29) is 4.87 Å². The Labute approximate surface area is 107 Å². The second-order valence-corrected chi connectivity index (χ2v) is 4.57. The quantitative estimate of drug-likeness (QED) is 0.857. The van der Waals surface area contributed by atoms with Crippen molar-refractivity contribution in [3.8, 4) is 0 Å². The Morgan fingerprint density at radius 1 is 1.44 bits per heavy atom. The molecular formula is C13H11NO3S. The van der Waals surface area contributed by atoms with E-state index in [1.807, 2.05) is 24.3 Å². The zero-order valence-electron chi connectivity index (χ0n) is 9.45. The molecule has 92 valence electrons. The number of nitrogens with zero attached hydrogens (tertiary/aromatic N) is 1. The first-order valence-electron chi connectivity index (χ1n) is 5.29. The van der Waals surface area contributed by atoms with Crippen molar-refractivity contribution in [2.75, 3.05) is 0 Å². The molecule has 0 unspecified atom stereocenters. The van der Waals surface area contributed by atoms with E-state index in [1.165, 1.54) is 6.08 Å². The lowest BCUT2D eigenvalue weighted by Crippen LogP contribution is -2.12. The lowest BCUT2D eigenvalue weighted by Gasteiger charge is -2.03. The predicted octanol–water partition coefficient (Wildman–Crippen LogP) is 2.06. The molecule has 0 saturated carbocycles. The van der Waals surface area contributed by atoms with Gasteiger partial charge in [0.05, 0.1) is 6.54 Å². The number of carboxylic acids is 1. The summed E-state index contributed by atoms with van der Waals surface area (Å²) in [5, 5.41) is 10.3. The number of carboxylic acid groups (broad SMARTS) is 1. The van der Waals surface area contributed by atoms with Crippen molar-refractivity contribution in [3.05, 3.63) is 62.7 Å². The summed E-state index contributed by atoms with van der Waals surface area (Å²) in [6, 6.07) is 7.43. The summed E-state index contributed by atoms with van der Waals surface area (Å²) in [6.45, 7) is 0.497. The minimum Gasteiger partial charge on any atom is -0.478 e. The van der Waals surface area contributed by atoms with Gasteiger partial charge in [-0.15, -0.1) is 0 Å². The van der Waals surface area contributed by atoms with Crippen LogP contribution in [0.5, 0.6) is 0 Å². The molecule has 0 saturated heterocycles. The van der Waals surface area contributed by atoms with Crippen LogP contribution in [0.25, 0.3) is 6.08 Å². The second-order valence-electron chi connectivity index (χ2n) is 3.71. The van der Waals surface area contributed by atoms with Crippen molar-refractivity contribution in [1.29, 1.82) is 0 Å². The first-order chi connectivity index (χ1) is 8.65. The highest BCUT2D eigenvalue weighted by Gasteiger charge is 1.99. The van der Waals surface area contributed by atoms with Crippen LogP contribution < -0.4 is 4.87 Å². The van der Waals surface area contributed by atoms with Gasteiger partial charge in [-0.3, -0.25) is 4.79 Å². The Hall–Kier alpha value is -2.14. The van der Waals surface area contributed by atoms with Gasteiger partial charge in [0.25, 0.3) is 0 Å². The number of hydrogen-bond donors (Lipinski definition) is 1. The fourth-order valence-electron chi connectivity index (χ4n) is 1.57. The molecule has 0 radical (unpaired) electrons. The highest BCUT2D eigenvalue weighted by atomic mass is 32.1. The number of carbonyl (C=O) groups is 1. The van der Waals surface area contributed by atoms with Crippen LogP contribution in [0, 0.1) is 0 Å². The Bertz CT molecular complexity index is 639. The second kappa shape index (κ2) is 5.46. The number of rotatable bonds is 4. The number of hydrogen-bond acceptors (Lipinski definition) is 3. The highest BCUT2D eigenvalue weighted by Crippen LogP contribution is 2.08. The van der Waals surface area contributed by atoms with E-state index in [0.29, 0.717) is 6.54 Å². The van der Waals surface area contributed by atoms with E-state index in [0.717, 1.165) is 28.5 Å². The molecule has 0 fully saturated rings. The first kappa shape index (κ1) is 12.3. The van der Waals surface area contributed by atoms with E-state index in [1.54, 1.807) is 16.1 Å². The molecule has 0 aliphatic heterocycles. The molecule has 0 amide bonds. The molecule has 0 bridgehead atoms. The molecule has 1 aromatic heterocycles. The third kappa shape index (κ3) is 3.18. The molecule has 0 spiro atoms. The summed E-state index contributed by atoms with van der Waals surface area (Å²) < 4.78 is 1.62. The van der Waals surface area contributed by atoms with E-state index >= 15 is 0 Å². The first-order valence-corrected chi connectivity index (χ1v) is 6.17. The fraction of sp³-hybridized carbons (Fsp3) is 0.0769. The molecular weight excluding hydrogens is 250 g/mol.